The molecule has 0 bridgehead atoms. The number of nitrogens with two attached hydrogens (primary N) is 1. The molecule has 6 nitrogen and oxygen atoms in total. The van der Waals surface area contributed by atoms with Gasteiger partial charge in [0.1, 0.15) is 11.9 Å². The van der Waals surface area contributed by atoms with Gasteiger partial charge in [0, 0.05) is 37.2 Å². The van der Waals surface area contributed by atoms with Crippen molar-refractivity contribution in [3.8, 4) is 0 Å². The Morgan fingerprint density at radius 3 is 2.26 bits per heavy atom. The number of anilines is 1. The molecule has 31 heavy (non-hydrogen) atoms. The Balaban J connectivity index is 1.68. The standard InChI is InChI=1S/C23H29ClFN3O3/c1-14(2)19(26)17-4-3-5-18(25)20(17)27-10-12-28(13-11-27)23(31)22(30)21(29)15-6-8-16(24)9-7-15/h3-9,14,19,21-22,29-30H,10-13,26H2,1-2H3/t19-,21?,22?/m0/s1. The fourth-order valence-electron chi connectivity index (χ4n) is 3.81. The van der Waals surface area contributed by atoms with Crippen LogP contribution in [0, 0.1) is 11.7 Å². The average Bonchev–Trinajstić information content (AvgIpc) is 2.77. The Morgan fingerprint density at radius 1 is 1.06 bits per heavy atom. The maximum atomic E-state index is 14.7. The summed E-state index contributed by atoms with van der Waals surface area (Å²) in [4.78, 5) is 16.1. The van der Waals surface area contributed by atoms with Gasteiger partial charge in [0.2, 0.25) is 0 Å². The lowest BCUT2D eigenvalue weighted by Gasteiger charge is -2.39. The number of para-hydroxylation sites is 1. The second-order valence-electron chi connectivity index (χ2n) is 8.20. The summed E-state index contributed by atoms with van der Waals surface area (Å²) in [7, 11) is 0. The monoisotopic (exact) mass is 449 g/mol. The van der Waals surface area contributed by atoms with Crippen LogP contribution in [0.1, 0.15) is 37.1 Å². The smallest absolute Gasteiger partial charge is 0.254 e. The van der Waals surface area contributed by atoms with Crippen molar-refractivity contribution in [3.63, 3.8) is 0 Å². The minimum atomic E-state index is -1.59. The molecule has 1 aliphatic rings. The van der Waals surface area contributed by atoms with Crippen molar-refractivity contribution in [1.82, 2.24) is 4.90 Å². The highest BCUT2D eigenvalue weighted by atomic mass is 35.5. The molecule has 4 N–H and O–H groups in total. The number of aliphatic hydroxyl groups is 2. The molecule has 0 radical (unpaired) electrons. The van der Waals surface area contributed by atoms with Gasteiger partial charge >= 0.3 is 0 Å². The number of rotatable bonds is 6. The average molecular weight is 450 g/mol. The van der Waals surface area contributed by atoms with E-state index in [2.05, 4.69) is 0 Å². The zero-order valence-electron chi connectivity index (χ0n) is 17.7. The lowest BCUT2D eigenvalue weighted by atomic mass is 9.94. The van der Waals surface area contributed by atoms with Crippen molar-refractivity contribution in [2.45, 2.75) is 32.1 Å². The molecule has 1 amide bonds. The number of piperazine rings is 1. The van der Waals surface area contributed by atoms with Gasteiger partial charge in [-0.25, -0.2) is 4.39 Å². The zero-order chi connectivity index (χ0) is 22.7. The Hall–Kier alpha value is -2.19. The van der Waals surface area contributed by atoms with Crippen molar-refractivity contribution in [2.24, 2.45) is 11.7 Å². The summed E-state index contributed by atoms with van der Waals surface area (Å²) in [6.45, 7) is 5.37. The molecule has 0 spiro atoms. The molecule has 1 fully saturated rings. The van der Waals surface area contributed by atoms with Crippen LogP contribution < -0.4 is 10.6 Å². The second kappa shape index (κ2) is 9.96. The summed E-state index contributed by atoms with van der Waals surface area (Å²) in [6, 6.07) is 10.9. The molecule has 0 aromatic heterocycles. The van der Waals surface area contributed by atoms with E-state index in [0.717, 1.165) is 5.56 Å². The molecule has 2 unspecified atom stereocenters. The van der Waals surface area contributed by atoms with Gasteiger partial charge in [-0.15, -0.1) is 0 Å². The normalized spacial score (nSPS) is 17.5. The van der Waals surface area contributed by atoms with Crippen LogP contribution in [0.25, 0.3) is 0 Å². The number of benzene rings is 2. The van der Waals surface area contributed by atoms with E-state index in [-0.39, 0.29) is 17.8 Å². The molecular formula is C23H29ClFN3O3. The van der Waals surface area contributed by atoms with E-state index in [1.807, 2.05) is 24.8 Å². The summed E-state index contributed by atoms with van der Waals surface area (Å²) >= 11 is 5.84. The lowest BCUT2D eigenvalue weighted by molar-refractivity contribution is -0.146. The van der Waals surface area contributed by atoms with Crippen LogP contribution in [-0.4, -0.2) is 53.3 Å². The SMILES string of the molecule is CC(C)[C@H](N)c1cccc(F)c1N1CCN(C(=O)C(O)C(O)c2ccc(Cl)cc2)CC1. The summed E-state index contributed by atoms with van der Waals surface area (Å²) < 4.78 is 14.7. The molecule has 3 atom stereocenters. The van der Waals surface area contributed by atoms with Crippen LogP contribution in [0.5, 0.6) is 0 Å². The van der Waals surface area contributed by atoms with Crippen molar-refractivity contribution in [3.05, 3.63) is 64.4 Å². The van der Waals surface area contributed by atoms with Crippen LogP contribution in [-0.2, 0) is 4.79 Å². The molecular weight excluding hydrogens is 421 g/mol. The van der Waals surface area contributed by atoms with E-state index >= 15 is 0 Å². The van der Waals surface area contributed by atoms with Crippen LogP contribution in [0.4, 0.5) is 10.1 Å². The van der Waals surface area contributed by atoms with Crippen molar-refractivity contribution in [2.75, 3.05) is 31.1 Å². The predicted octanol–water partition coefficient (Wildman–Crippen LogP) is 2.88. The number of hydrogen-bond acceptors (Lipinski definition) is 5. The van der Waals surface area contributed by atoms with Gasteiger partial charge in [0.05, 0.1) is 5.69 Å². The zero-order valence-corrected chi connectivity index (χ0v) is 18.5. The van der Waals surface area contributed by atoms with E-state index in [1.165, 1.54) is 11.0 Å². The molecule has 1 aliphatic heterocycles. The van der Waals surface area contributed by atoms with Gasteiger partial charge in [-0.3, -0.25) is 4.79 Å². The molecule has 2 aromatic rings. The summed E-state index contributed by atoms with van der Waals surface area (Å²) in [5, 5.41) is 21.3. The number of carbonyl (C=O) groups excluding carboxylic acids is 1. The van der Waals surface area contributed by atoms with E-state index in [0.29, 0.717) is 42.5 Å². The highest BCUT2D eigenvalue weighted by Crippen LogP contribution is 2.32. The quantitative estimate of drug-likeness (QED) is 0.631. The van der Waals surface area contributed by atoms with E-state index in [9.17, 15) is 19.4 Å². The summed E-state index contributed by atoms with van der Waals surface area (Å²) in [5.41, 5.74) is 7.92. The van der Waals surface area contributed by atoms with E-state index < -0.39 is 18.1 Å². The maximum absolute atomic E-state index is 14.7. The molecule has 0 saturated carbocycles. The van der Waals surface area contributed by atoms with Gasteiger partial charge in [0.15, 0.2) is 6.10 Å². The first kappa shape index (κ1) is 23.5. The number of nitrogens with zero attached hydrogens (tertiary/aromatic N) is 2. The van der Waals surface area contributed by atoms with Gasteiger partial charge in [0.25, 0.3) is 5.91 Å². The first-order valence-electron chi connectivity index (χ1n) is 10.4. The van der Waals surface area contributed by atoms with Crippen molar-refractivity contribution in [1.29, 1.82) is 0 Å². The lowest BCUT2D eigenvalue weighted by Crippen LogP contribution is -2.53. The largest absolute Gasteiger partial charge is 0.385 e. The van der Waals surface area contributed by atoms with Crippen molar-refractivity contribution < 1.29 is 19.4 Å². The second-order valence-corrected chi connectivity index (χ2v) is 8.64. The van der Waals surface area contributed by atoms with Crippen molar-refractivity contribution >= 4 is 23.2 Å². The number of aliphatic hydroxyl groups excluding tert-OH is 2. The number of amides is 1. The third-order valence-corrected chi connectivity index (χ3v) is 6.02. The van der Waals surface area contributed by atoms with E-state index in [4.69, 9.17) is 17.3 Å². The van der Waals surface area contributed by atoms with Gasteiger partial charge < -0.3 is 25.7 Å². The topological polar surface area (TPSA) is 90.0 Å². The van der Waals surface area contributed by atoms with Crippen LogP contribution in [0.15, 0.2) is 42.5 Å². The predicted molar refractivity (Wildman–Crippen MR) is 119 cm³/mol. The van der Waals surface area contributed by atoms with Gasteiger partial charge in [-0.2, -0.15) is 0 Å². The first-order chi connectivity index (χ1) is 14.7. The third-order valence-electron chi connectivity index (χ3n) is 5.77. The van der Waals surface area contributed by atoms with Gasteiger partial charge in [-0.1, -0.05) is 49.7 Å². The minimum absolute atomic E-state index is 0.146. The molecule has 3 rings (SSSR count). The molecule has 1 saturated heterocycles. The Bertz CT molecular complexity index is 901. The highest BCUT2D eigenvalue weighted by Gasteiger charge is 2.33. The Kier molecular flexibility index (Phi) is 7.54. The number of carbonyl (C=O) groups is 1. The number of hydrogen-bond donors (Lipinski definition) is 3. The minimum Gasteiger partial charge on any atom is -0.385 e. The Morgan fingerprint density at radius 2 is 1.68 bits per heavy atom. The van der Waals surface area contributed by atoms with Crippen LogP contribution in [0.2, 0.25) is 5.02 Å². The van der Waals surface area contributed by atoms with Crippen LogP contribution >= 0.6 is 11.6 Å². The molecule has 0 aliphatic carbocycles. The van der Waals surface area contributed by atoms with E-state index in [1.54, 1.807) is 30.3 Å². The molecule has 8 heteroatoms. The fraction of sp³-hybridized carbons (Fsp3) is 0.435. The van der Waals surface area contributed by atoms with Crippen LogP contribution in [0.3, 0.4) is 0 Å². The molecule has 168 valence electrons. The number of halogens is 2. The Labute approximate surface area is 187 Å². The fourth-order valence-corrected chi connectivity index (χ4v) is 3.93. The van der Waals surface area contributed by atoms with Gasteiger partial charge in [-0.05, 0) is 35.2 Å². The third kappa shape index (κ3) is 5.18. The first-order valence-corrected chi connectivity index (χ1v) is 10.8. The maximum Gasteiger partial charge on any atom is 0.254 e. The molecule has 1 heterocycles. The molecule has 2 aromatic carbocycles. The summed E-state index contributed by atoms with van der Waals surface area (Å²) in [5.74, 6) is -0.755. The highest BCUT2D eigenvalue weighted by molar-refractivity contribution is 6.30. The summed E-state index contributed by atoms with van der Waals surface area (Å²) in [6.07, 6.45) is -2.95.